The van der Waals surface area contributed by atoms with Crippen molar-refractivity contribution in [2.75, 3.05) is 26.3 Å². The normalized spacial score (nSPS) is 26.8. The molecule has 1 aromatic carbocycles. The standard InChI is InChI=1S/C19H27FN2O2/c1-14-6-2-5-9-17(14)21-19(23)18(22-10-12-24-13-11-22)15-7-3-4-8-16(15)20/h3-4,7-8,14,17-18H,2,5-6,9-13H2,1H3,(H,21,23)/t14-,17+,18+/m1/s1. The van der Waals surface area contributed by atoms with E-state index in [4.69, 9.17) is 4.74 Å². The van der Waals surface area contributed by atoms with Crippen molar-refractivity contribution in [2.24, 2.45) is 5.92 Å². The molecule has 1 N–H and O–H groups in total. The first-order valence-electron chi connectivity index (χ1n) is 9.03. The van der Waals surface area contributed by atoms with Gasteiger partial charge in [0.1, 0.15) is 11.9 Å². The second-order valence-electron chi connectivity index (χ2n) is 6.95. The molecule has 3 atom stereocenters. The molecule has 0 bridgehead atoms. The topological polar surface area (TPSA) is 41.6 Å². The largest absolute Gasteiger partial charge is 0.379 e. The van der Waals surface area contributed by atoms with Crippen molar-refractivity contribution in [2.45, 2.75) is 44.7 Å². The average Bonchev–Trinajstić information content (AvgIpc) is 2.60. The van der Waals surface area contributed by atoms with Crippen LogP contribution in [0.25, 0.3) is 0 Å². The molecule has 1 aliphatic heterocycles. The van der Waals surface area contributed by atoms with E-state index >= 15 is 0 Å². The van der Waals surface area contributed by atoms with Crippen molar-refractivity contribution in [3.05, 3.63) is 35.6 Å². The molecule has 1 amide bonds. The molecular formula is C19H27FN2O2. The van der Waals surface area contributed by atoms with Crippen LogP contribution < -0.4 is 5.32 Å². The Bertz CT molecular complexity index is 560. The van der Waals surface area contributed by atoms with Crippen LogP contribution in [0.5, 0.6) is 0 Å². The molecule has 5 heteroatoms. The molecule has 132 valence electrons. The van der Waals surface area contributed by atoms with Crippen LogP contribution in [-0.4, -0.2) is 43.2 Å². The number of benzene rings is 1. The minimum absolute atomic E-state index is 0.0826. The summed E-state index contributed by atoms with van der Waals surface area (Å²) in [6, 6.07) is 6.22. The van der Waals surface area contributed by atoms with Crippen LogP contribution in [-0.2, 0) is 9.53 Å². The van der Waals surface area contributed by atoms with Gasteiger partial charge in [0, 0.05) is 24.7 Å². The van der Waals surface area contributed by atoms with Gasteiger partial charge in [-0.15, -0.1) is 0 Å². The Morgan fingerprint density at radius 3 is 2.67 bits per heavy atom. The zero-order chi connectivity index (χ0) is 16.9. The van der Waals surface area contributed by atoms with E-state index in [9.17, 15) is 9.18 Å². The molecule has 0 aromatic heterocycles. The van der Waals surface area contributed by atoms with Crippen LogP contribution in [0.3, 0.4) is 0 Å². The third-order valence-corrected chi connectivity index (χ3v) is 5.30. The van der Waals surface area contributed by atoms with Crippen molar-refractivity contribution in [3.63, 3.8) is 0 Å². The lowest BCUT2D eigenvalue weighted by molar-refractivity contribution is -0.130. The maximum absolute atomic E-state index is 14.4. The van der Waals surface area contributed by atoms with Gasteiger partial charge in [-0.25, -0.2) is 4.39 Å². The van der Waals surface area contributed by atoms with Gasteiger partial charge >= 0.3 is 0 Å². The number of hydrogen-bond acceptors (Lipinski definition) is 3. The molecule has 0 spiro atoms. The third kappa shape index (κ3) is 3.95. The zero-order valence-electron chi connectivity index (χ0n) is 14.3. The van der Waals surface area contributed by atoms with Gasteiger partial charge < -0.3 is 10.1 Å². The molecule has 3 rings (SSSR count). The van der Waals surface area contributed by atoms with E-state index in [1.807, 2.05) is 4.90 Å². The summed E-state index contributed by atoms with van der Waals surface area (Å²) in [5.41, 5.74) is 0.459. The van der Waals surface area contributed by atoms with Gasteiger partial charge in [0.05, 0.1) is 13.2 Å². The van der Waals surface area contributed by atoms with E-state index in [0.717, 1.165) is 19.3 Å². The van der Waals surface area contributed by atoms with Gasteiger partial charge in [0.25, 0.3) is 0 Å². The van der Waals surface area contributed by atoms with Crippen molar-refractivity contribution in [1.29, 1.82) is 0 Å². The molecule has 24 heavy (non-hydrogen) atoms. The Hall–Kier alpha value is -1.46. The maximum Gasteiger partial charge on any atom is 0.242 e. The van der Waals surface area contributed by atoms with Crippen LogP contribution in [0.15, 0.2) is 24.3 Å². The predicted octanol–water partition coefficient (Wildman–Crippen LogP) is 2.89. The minimum Gasteiger partial charge on any atom is -0.379 e. The lowest BCUT2D eigenvalue weighted by Crippen LogP contribution is -2.50. The first-order valence-corrected chi connectivity index (χ1v) is 9.03. The van der Waals surface area contributed by atoms with Gasteiger partial charge in [-0.05, 0) is 24.8 Å². The van der Waals surface area contributed by atoms with E-state index in [0.29, 0.717) is 37.8 Å². The summed E-state index contributed by atoms with van der Waals surface area (Å²) in [6.07, 6.45) is 4.54. The van der Waals surface area contributed by atoms with Gasteiger partial charge in [-0.2, -0.15) is 0 Å². The van der Waals surface area contributed by atoms with E-state index in [-0.39, 0.29) is 17.8 Å². The van der Waals surface area contributed by atoms with Gasteiger partial charge in [-0.1, -0.05) is 38.0 Å². The van der Waals surface area contributed by atoms with Crippen LogP contribution in [0.2, 0.25) is 0 Å². The Labute approximate surface area is 143 Å². The smallest absolute Gasteiger partial charge is 0.242 e. The Kier molecular flexibility index (Phi) is 5.85. The maximum atomic E-state index is 14.4. The second-order valence-corrected chi connectivity index (χ2v) is 6.95. The molecule has 1 heterocycles. The zero-order valence-corrected chi connectivity index (χ0v) is 14.3. The number of carbonyl (C=O) groups excluding carboxylic acids is 1. The summed E-state index contributed by atoms with van der Waals surface area (Å²) in [5, 5.41) is 3.20. The lowest BCUT2D eigenvalue weighted by Gasteiger charge is -2.36. The van der Waals surface area contributed by atoms with Crippen molar-refractivity contribution >= 4 is 5.91 Å². The Morgan fingerprint density at radius 2 is 1.96 bits per heavy atom. The highest BCUT2D eigenvalue weighted by Gasteiger charge is 2.33. The van der Waals surface area contributed by atoms with E-state index < -0.39 is 6.04 Å². The van der Waals surface area contributed by atoms with Crippen LogP contribution in [0.1, 0.15) is 44.2 Å². The summed E-state index contributed by atoms with van der Waals surface area (Å²) < 4.78 is 19.8. The second kappa shape index (κ2) is 8.08. The number of amides is 1. The predicted molar refractivity (Wildman–Crippen MR) is 91.1 cm³/mol. The quantitative estimate of drug-likeness (QED) is 0.920. The highest BCUT2D eigenvalue weighted by atomic mass is 19.1. The number of rotatable bonds is 4. The summed E-state index contributed by atoms with van der Waals surface area (Å²) in [5.74, 6) is 0.0789. The Morgan fingerprint density at radius 1 is 1.25 bits per heavy atom. The number of ether oxygens (including phenoxy) is 1. The third-order valence-electron chi connectivity index (χ3n) is 5.30. The van der Waals surface area contributed by atoms with Crippen LogP contribution in [0, 0.1) is 11.7 Å². The molecule has 2 fully saturated rings. The van der Waals surface area contributed by atoms with E-state index in [1.165, 1.54) is 12.5 Å². The van der Waals surface area contributed by atoms with Gasteiger partial charge in [0.2, 0.25) is 5.91 Å². The number of hydrogen-bond donors (Lipinski definition) is 1. The van der Waals surface area contributed by atoms with Crippen LogP contribution >= 0.6 is 0 Å². The summed E-state index contributed by atoms with van der Waals surface area (Å²) in [7, 11) is 0. The molecule has 0 radical (unpaired) electrons. The van der Waals surface area contributed by atoms with Crippen molar-refractivity contribution in [3.8, 4) is 0 Å². The van der Waals surface area contributed by atoms with E-state index in [2.05, 4.69) is 12.2 Å². The highest BCUT2D eigenvalue weighted by molar-refractivity contribution is 5.83. The summed E-state index contributed by atoms with van der Waals surface area (Å²) in [6.45, 7) is 4.65. The number of nitrogens with zero attached hydrogens (tertiary/aromatic N) is 1. The van der Waals surface area contributed by atoms with Gasteiger partial charge in [0.15, 0.2) is 0 Å². The molecule has 1 saturated carbocycles. The fourth-order valence-corrected chi connectivity index (χ4v) is 3.83. The average molecular weight is 334 g/mol. The highest BCUT2D eigenvalue weighted by Crippen LogP contribution is 2.28. The first-order chi connectivity index (χ1) is 11.7. The first kappa shape index (κ1) is 17.4. The Balaban J connectivity index is 1.80. The molecule has 4 nitrogen and oxygen atoms in total. The van der Waals surface area contributed by atoms with Crippen LogP contribution in [0.4, 0.5) is 4.39 Å². The summed E-state index contributed by atoms with van der Waals surface area (Å²) >= 11 is 0. The number of morpholine rings is 1. The van der Waals surface area contributed by atoms with Crippen molar-refractivity contribution in [1.82, 2.24) is 10.2 Å². The summed E-state index contributed by atoms with van der Waals surface area (Å²) in [4.78, 5) is 15.1. The minimum atomic E-state index is -0.579. The number of halogens is 1. The lowest BCUT2D eigenvalue weighted by atomic mass is 9.85. The fraction of sp³-hybridized carbons (Fsp3) is 0.632. The number of carbonyl (C=O) groups is 1. The fourth-order valence-electron chi connectivity index (χ4n) is 3.83. The molecule has 1 aromatic rings. The molecule has 1 aliphatic carbocycles. The monoisotopic (exact) mass is 334 g/mol. The number of nitrogens with one attached hydrogen (secondary N) is 1. The molecule has 0 unspecified atom stereocenters. The van der Waals surface area contributed by atoms with E-state index in [1.54, 1.807) is 18.2 Å². The molecular weight excluding hydrogens is 307 g/mol. The van der Waals surface area contributed by atoms with Gasteiger partial charge in [-0.3, -0.25) is 9.69 Å². The molecule has 2 aliphatic rings. The molecule has 1 saturated heterocycles. The van der Waals surface area contributed by atoms with Crippen molar-refractivity contribution < 1.29 is 13.9 Å². The SMILES string of the molecule is C[C@@H]1CCCC[C@@H]1NC(=O)[C@H](c1ccccc1F)N1CCOCC1.